The van der Waals surface area contributed by atoms with Gasteiger partial charge in [-0.05, 0) is 37.0 Å². The molecule has 2 aliphatic carbocycles. The van der Waals surface area contributed by atoms with E-state index in [9.17, 15) is 15.3 Å². The van der Waals surface area contributed by atoms with E-state index in [4.69, 9.17) is 16.6 Å². The third-order valence-corrected chi connectivity index (χ3v) is 7.87. The number of aliphatic hydroxyl groups excluding tert-OH is 3. The topological polar surface area (TPSA) is 129 Å². The summed E-state index contributed by atoms with van der Waals surface area (Å²) in [6.45, 7) is 4.08. The van der Waals surface area contributed by atoms with Crippen molar-refractivity contribution in [3.05, 3.63) is 34.3 Å². The first-order valence-corrected chi connectivity index (χ1v) is 12.6. The molecule has 0 radical (unpaired) electrons. The summed E-state index contributed by atoms with van der Waals surface area (Å²) in [5, 5.41) is 43.8. The highest BCUT2D eigenvalue weighted by atomic mass is 35.5. The van der Waals surface area contributed by atoms with Crippen LogP contribution in [0.25, 0.3) is 11.2 Å². The number of benzene rings is 1. The minimum absolute atomic E-state index is 0.171. The molecule has 2 fully saturated rings. The van der Waals surface area contributed by atoms with Crippen LogP contribution in [0.3, 0.4) is 0 Å². The Morgan fingerprint density at radius 2 is 2.00 bits per heavy atom. The van der Waals surface area contributed by atoms with E-state index in [-0.39, 0.29) is 12.5 Å². The molecule has 2 unspecified atom stereocenters. The SMILES string of the molecule is CCCSc1nc(NC2CC2c2ccc(C)c(Cl)c2)c2nnn([C@H]3C[C@@H](O)[C@H](O)[C@@H]3O)c2n1. The number of halogens is 1. The Bertz CT molecular complexity index is 1180. The minimum Gasteiger partial charge on any atom is -0.390 e. The number of hydrogen-bond acceptors (Lipinski definition) is 9. The van der Waals surface area contributed by atoms with Gasteiger partial charge in [0, 0.05) is 29.2 Å². The number of fused-ring (bicyclic) bond motifs is 1. The van der Waals surface area contributed by atoms with Crippen molar-refractivity contribution in [2.24, 2.45) is 0 Å². The summed E-state index contributed by atoms with van der Waals surface area (Å²) in [5.74, 6) is 1.80. The van der Waals surface area contributed by atoms with Crippen molar-refractivity contribution in [3.63, 3.8) is 0 Å². The molecule has 0 bridgehead atoms. The fraction of sp³-hybridized carbons (Fsp3) is 0.545. The zero-order valence-electron chi connectivity index (χ0n) is 18.4. The Morgan fingerprint density at radius 1 is 1.18 bits per heavy atom. The molecule has 2 aromatic heterocycles. The average Bonchev–Trinajstić information content (AvgIpc) is 3.36. The van der Waals surface area contributed by atoms with E-state index in [1.165, 1.54) is 10.2 Å². The summed E-state index contributed by atoms with van der Waals surface area (Å²) < 4.78 is 1.51. The number of hydrogen-bond donors (Lipinski definition) is 4. The predicted octanol–water partition coefficient (Wildman–Crippen LogP) is 2.68. The summed E-state index contributed by atoms with van der Waals surface area (Å²) in [5.41, 5.74) is 3.23. The molecule has 176 valence electrons. The Labute approximate surface area is 200 Å². The summed E-state index contributed by atoms with van der Waals surface area (Å²) in [6, 6.07) is 5.75. The Kier molecular flexibility index (Phi) is 6.21. The van der Waals surface area contributed by atoms with Crippen LogP contribution in [0.4, 0.5) is 5.82 Å². The fourth-order valence-corrected chi connectivity index (χ4v) is 5.24. The van der Waals surface area contributed by atoms with Gasteiger partial charge in [-0.1, -0.05) is 47.6 Å². The van der Waals surface area contributed by atoms with Crippen molar-refractivity contribution >= 4 is 40.3 Å². The van der Waals surface area contributed by atoms with E-state index in [0.29, 0.717) is 28.1 Å². The number of anilines is 1. The normalized spacial score (nSPS) is 29.0. The highest BCUT2D eigenvalue weighted by molar-refractivity contribution is 7.99. The van der Waals surface area contributed by atoms with Crippen LogP contribution in [0.15, 0.2) is 23.4 Å². The molecular weight excluding hydrogens is 464 g/mol. The van der Waals surface area contributed by atoms with E-state index in [1.807, 2.05) is 19.1 Å². The standard InChI is InChI=1S/C22H27ClN6O3S/c1-3-6-33-22-25-20(24-14-8-12(14)11-5-4-10(2)13(23)7-11)17-21(26-22)29(28-27-17)15-9-16(30)19(32)18(15)31/h4-5,7,12,14-16,18-19,30-32H,3,6,8-9H2,1-2H3,(H,24,25,26)/t12?,14?,15-,16+,18+,19-/m0/s1. The zero-order valence-corrected chi connectivity index (χ0v) is 20.0. The van der Waals surface area contributed by atoms with Crippen LogP contribution in [0.2, 0.25) is 5.02 Å². The van der Waals surface area contributed by atoms with Crippen LogP contribution in [0.1, 0.15) is 49.3 Å². The number of rotatable bonds is 7. The lowest BCUT2D eigenvalue weighted by Gasteiger charge is -2.16. The fourth-order valence-electron chi connectivity index (χ4n) is 4.36. The molecule has 0 spiro atoms. The van der Waals surface area contributed by atoms with E-state index in [1.54, 1.807) is 11.8 Å². The van der Waals surface area contributed by atoms with Crippen molar-refractivity contribution in [2.75, 3.05) is 11.1 Å². The van der Waals surface area contributed by atoms with Crippen LogP contribution in [0.5, 0.6) is 0 Å². The molecule has 9 nitrogen and oxygen atoms in total. The highest BCUT2D eigenvalue weighted by Crippen LogP contribution is 2.44. The number of aromatic nitrogens is 5. The lowest BCUT2D eigenvalue weighted by atomic mass is 10.1. The predicted molar refractivity (Wildman–Crippen MR) is 127 cm³/mol. The van der Waals surface area contributed by atoms with Gasteiger partial charge < -0.3 is 20.6 Å². The molecular formula is C22H27ClN6O3S. The van der Waals surface area contributed by atoms with Crippen molar-refractivity contribution in [2.45, 2.75) is 74.6 Å². The molecule has 1 aromatic carbocycles. The largest absolute Gasteiger partial charge is 0.390 e. The van der Waals surface area contributed by atoms with Gasteiger partial charge in [0.15, 0.2) is 22.1 Å². The molecule has 33 heavy (non-hydrogen) atoms. The van der Waals surface area contributed by atoms with Gasteiger partial charge in [-0.25, -0.2) is 14.6 Å². The summed E-state index contributed by atoms with van der Waals surface area (Å²) in [7, 11) is 0. The first-order chi connectivity index (χ1) is 15.9. The number of nitrogens with zero attached hydrogens (tertiary/aromatic N) is 5. The Hall–Kier alpha value is -1.98. The molecule has 0 aliphatic heterocycles. The van der Waals surface area contributed by atoms with Crippen LogP contribution < -0.4 is 5.32 Å². The van der Waals surface area contributed by atoms with Crippen LogP contribution >= 0.6 is 23.4 Å². The second-order valence-electron chi connectivity index (χ2n) is 8.86. The smallest absolute Gasteiger partial charge is 0.191 e. The quantitative estimate of drug-likeness (QED) is 0.291. The van der Waals surface area contributed by atoms with Gasteiger partial charge in [-0.15, -0.1) is 5.10 Å². The maximum absolute atomic E-state index is 10.4. The molecule has 11 heteroatoms. The Morgan fingerprint density at radius 3 is 2.70 bits per heavy atom. The van der Waals surface area contributed by atoms with Gasteiger partial charge in [0.05, 0.1) is 12.1 Å². The van der Waals surface area contributed by atoms with Crippen molar-refractivity contribution < 1.29 is 15.3 Å². The van der Waals surface area contributed by atoms with E-state index in [2.05, 4.69) is 33.6 Å². The Balaban J connectivity index is 1.45. The van der Waals surface area contributed by atoms with Crippen molar-refractivity contribution in [1.82, 2.24) is 25.0 Å². The van der Waals surface area contributed by atoms with Gasteiger partial charge >= 0.3 is 0 Å². The second kappa shape index (κ2) is 8.99. The third kappa shape index (κ3) is 4.30. The molecule has 0 amide bonds. The summed E-state index contributed by atoms with van der Waals surface area (Å²) in [4.78, 5) is 9.35. The lowest BCUT2D eigenvalue weighted by Crippen LogP contribution is -2.31. The van der Waals surface area contributed by atoms with Crippen molar-refractivity contribution in [1.29, 1.82) is 0 Å². The molecule has 5 rings (SSSR count). The van der Waals surface area contributed by atoms with E-state index >= 15 is 0 Å². The van der Waals surface area contributed by atoms with E-state index < -0.39 is 24.4 Å². The summed E-state index contributed by atoms with van der Waals surface area (Å²) >= 11 is 7.86. The molecule has 4 N–H and O–H groups in total. The van der Waals surface area contributed by atoms with E-state index in [0.717, 1.165) is 29.2 Å². The molecule has 2 aliphatic rings. The van der Waals surface area contributed by atoms with Gasteiger partial charge in [0.2, 0.25) is 0 Å². The second-order valence-corrected chi connectivity index (χ2v) is 10.3. The summed E-state index contributed by atoms with van der Waals surface area (Å²) in [6.07, 6.45) is -1.30. The molecule has 0 saturated heterocycles. The van der Waals surface area contributed by atoms with Gasteiger partial charge in [0.1, 0.15) is 12.2 Å². The first-order valence-electron chi connectivity index (χ1n) is 11.2. The monoisotopic (exact) mass is 490 g/mol. The number of aryl methyl sites for hydroxylation is 1. The molecule has 2 saturated carbocycles. The molecule has 2 heterocycles. The average molecular weight is 491 g/mol. The lowest BCUT2D eigenvalue weighted by molar-refractivity contribution is -0.0253. The molecule has 6 atom stereocenters. The maximum Gasteiger partial charge on any atom is 0.191 e. The van der Waals surface area contributed by atoms with Gasteiger partial charge in [-0.3, -0.25) is 0 Å². The van der Waals surface area contributed by atoms with Crippen molar-refractivity contribution in [3.8, 4) is 0 Å². The molecule has 3 aromatic rings. The van der Waals surface area contributed by atoms with Crippen LogP contribution in [-0.2, 0) is 0 Å². The number of aliphatic hydroxyl groups is 3. The maximum atomic E-state index is 10.4. The minimum atomic E-state index is -1.23. The van der Waals surface area contributed by atoms with Crippen LogP contribution in [-0.4, -0.2) is 70.4 Å². The zero-order chi connectivity index (χ0) is 23.3. The van der Waals surface area contributed by atoms with Gasteiger partial charge in [0.25, 0.3) is 0 Å². The number of thioether (sulfide) groups is 1. The third-order valence-electron chi connectivity index (χ3n) is 6.41. The highest BCUT2D eigenvalue weighted by Gasteiger charge is 2.44. The van der Waals surface area contributed by atoms with Gasteiger partial charge in [-0.2, -0.15) is 0 Å². The first kappa shape index (κ1) is 22.8. The number of nitrogens with one attached hydrogen (secondary N) is 1. The van der Waals surface area contributed by atoms with Crippen LogP contribution in [0, 0.1) is 6.92 Å².